The van der Waals surface area contributed by atoms with Crippen molar-refractivity contribution in [3.8, 4) is 10.6 Å². The molecule has 1 amide bonds. The van der Waals surface area contributed by atoms with Crippen LogP contribution in [-0.2, 0) is 16.6 Å². The van der Waals surface area contributed by atoms with Crippen LogP contribution in [0.3, 0.4) is 0 Å². The van der Waals surface area contributed by atoms with Crippen molar-refractivity contribution in [1.82, 2.24) is 14.8 Å². The molecule has 0 aliphatic carbocycles. The first-order chi connectivity index (χ1) is 14.8. The topological polar surface area (TPSA) is 86.1 Å². The van der Waals surface area contributed by atoms with Crippen LogP contribution < -0.4 is 5.32 Å². The Kier molecular flexibility index (Phi) is 5.75. The van der Waals surface area contributed by atoms with Gasteiger partial charge in [0, 0.05) is 18.3 Å². The lowest BCUT2D eigenvalue weighted by molar-refractivity contribution is -0.119. The van der Waals surface area contributed by atoms with Crippen LogP contribution in [0.1, 0.15) is 21.6 Å². The van der Waals surface area contributed by atoms with Gasteiger partial charge < -0.3 is 10.1 Å². The molecule has 158 valence electrons. The van der Waals surface area contributed by atoms with Crippen molar-refractivity contribution in [2.24, 2.45) is 7.05 Å². The Balaban J connectivity index is 1.38. The summed E-state index contributed by atoms with van der Waals surface area (Å²) < 4.78 is 7.59. The molecule has 0 aliphatic heterocycles. The molecule has 31 heavy (non-hydrogen) atoms. The molecule has 0 bridgehead atoms. The molecule has 2 aromatic carbocycles. The van der Waals surface area contributed by atoms with Gasteiger partial charge in [0.25, 0.3) is 5.91 Å². The fourth-order valence-corrected chi connectivity index (χ4v) is 4.43. The average molecular weight is 455 g/mol. The molecule has 0 spiro atoms. The number of aryl methyl sites for hydroxylation is 3. The molecule has 2 aromatic heterocycles. The smallest absolute Gasteiger partial charge is 0.343 e. The van der Waals surface area contributed by atoms with Crippen molar-refractivity contribution in [2.75, 3.05) is 11.9 Å². The summed E-state index contributed by atoms with van der Waals surface area (Å²) in [6.07, 6.45) is 0. The van der Waals surface area contributed by atoms with Crippen LogP contribution in [0, 0.1) is 13.8 Å². The molecule has 0 aliphatic rings. The van der Waals surface area contributed by atoms with E-state index in [1.807, 2.05) is 24.3 Å². The zero-order valence-corrected chi connectivity index (χ0v) is 18.7. The van der Waals surface area contributed by atoms with E-state index in [0.717, 1.165) is 20.8 Å². The van der Waals surface area contributed by atoms with Crippen molar-refractivity contribution in [2.45, 2.75) is 13.8 Å². The van der Waals surface area contributed by atoms with Crippen molar-refractivity contribution < 1.29 is 14.3 Å². The largest absolute Gasteiger partial charge is 0.452 e. The number of halogens is 1. The Labute approximate surface area is 187 Å². The van der Waals surface area contributed by atoms with E-state index in [9.17, 15) is 9.59 Å². The number of carbonyl (C=O) groups is 2. The van der Waals surface area contributed by atoms with Gasteiger partial charge >= 0.3 is 5.97 Å². The summed E-state index contributed by atoms with van der Waals surface area (Å²) in [4.78, 5) is 29.0. The highest BCUT2D eigenvalue weighted by atomic mass is 35.5. The number of nitrogens with zero attached hydrogens (tertiary/aromatic N) is 3. The third-order valence-corrected chi connectivity index (χ3v) is 6.15. The van der Waals surface area contributed by atoms with E-state index >= 15 is 0 Å². The highest BCUT2D eigenvalue weighted by Gasteiger charge is 2.21. The van der Waals surface area contributed by atoms with Gasteiger partial charge in [-0.25, -0.2) is 9.78 Å². The first-order valence-corrected chi connectivity index (χ1v) is 10.6. The Hall–Kier alpha value is -3.23. The zero-order valence-electron chi connectivity index (χ0n) is 17.1. The van der Waals surface area contributed by atoms with Gasteiger partial charge in [0.05, 0.1) is 15.9 Å². The highest BCUT2D eigenvalue weighted by Crippen LogP contribution is 2.31. The van der Waals surface area contributed by atoms with E-state index in [-0.39, 0.29) is 10.7 Å². The first-order valence-electron chi connectivity index (χ1n) is 9.45. The number of hydrogen-bond acceptors (Lipinski definition) is 6. The number of thiazole rings is 1. The number of carbonyl (C=O) groups excluding carboxylic acids is 2. The molecule has 9 heteroatoms. The second-order valence-electron chi connectivity index (χ2n) is 7.07. The van der Waals surface area contributed by atoms with Crippen molar-refractivity contribution >= 4 is 50.7 Å². The van der Waals surface area contributed by atoms with Gasteiger partial charge in [0.15, 0.2) is 6.61 Å². The van der Waals surface area contributed by atoms with Gasteiger partial charge in [-0.3, -0.25) is 9.48 Å². The molecule has 4 rings (SSSR count). The molecule has 0 saturated carbocycles. The van der Waals surface area contributed by atoms with Crippen LogP contribution >= 0.6 is 22.9 Å². The van der Waals surface area contributed by atoms with Gasteiger partial charge in [-0.2, -0.15) is 5.10 Å². The summed E-state index contributed by atoms with van der Waals surface area (Å²) in [7, 11) is 1.62. The molecule has 7 nitrogen and oxygen atoms in total. The molecule has 0 saturated heterocycles. The van der Waals surface area contributed by atoms with Crippen LogP contribution in [0.2, 0.25) is 5.15 Å². The van der Waals surface area contributed by atoms with Crippen LogP contribution in [0.15, 0.2) is 42.5 Å². The number of nitrogens with one attached hydrogen (secondary N) is 1. The normalized spacial score (nSPS) is 11.0. The second kappa shape index (κ2) is 8.49. The molecule has 0 radical (unpaired) electrons. The fraction of sp³-hybridized carbons (Fsp3) is 0.182. The van der Waals surface area contributed by atoms with E-state index in [0.29, 0.717) is 11.4 Å². The summed E-state index contributed by atoms with van der Waals surface area (Å²) >= 11 is 7.67. The average Bonchev–Trinajstić information content (AvgIpc) is 3.26. The maximum atomic E-state index is 12.2. The van der Waals surface area contributed by atoms with Gasteiger partial charge in [-0.1, -0.05) is 17.7 Å². The van der Waals surface area contributed by atoms with E-state index in [1.165, 1.54) is 10.2 Å². The van der Waals surface area contributed by atoms with Crippen LogP contribution in [-0.4, -0.2) is 33.2 Å². The third-order valence-electron chi connectivity index (χ3n) is 4.65. The molecule has 2 heterocycles. The maximum Gasteiger partial charge on any atom is 0.343 e. The summed E-state index contributed by atoms with van der Waals surface area (Å²) in [6.45, 7) is 3.28. The lowest BCUT2D eigenvalue weighted by Gasteiger charge is -2.07. The second-order valence-corrected chi connectivity index (χ2v) is 8.46. The zero-order chi connectivity index (χ0) is 22.1. The first kappa shape index (κ1) is 21.0. The number of rotatable bonds is 5. The lowest BCUT2D eigenvalue weighted by Crippen LogP contribution is -2.21. The minimum absolute atomic E-state index is 0.160. The van der Waals surface area contributed by atoms with Gasteiger partial charge in [-0.05, 0) is 55.8 Å². The Bertz CT molecular complexity index is 1290. The molecule has 0 atom stereocenters. The number of fused-ring (bicyclic) bond motifs is 1. The van der Waals surface area contributed by atoms with Crippen molar-refractivity contribution in [1.29, 1.82) is 0 Å². The molecule has 4 aromatic rings. The molecule has 0 unspecified atom stereocenters. The number of esters is 1. The summed E-state index contributed by atoms with van der Waals surface area (Å²) in [6, 6.07) is 13.5. The summed E-state index contributed by atoms with van der Waals surface area (Å²) in [5.74, 6) is -1.14. The standard InChI is InChI=1S/C22H19ClN4O3S/c1-12-4-9-16-17(10-12)31-21(25-16)14-5-7-15(8-6-14)24-18(28)11-30-22(29)19-13(2)26-27(3)20(19)23/h4-10H,11H2,1-3H3,(H,24,28). The predicted octanol–water partition coefficient (Wildman–Crippen LogP) is 4.76. The van der Waals surface area contributed by atoms with E-state index in [4.69, 9.17) is 16.3 Å². The SMILES string of the molecule is Cc1ccc2nc(-c3ccc(NC(=O)COC(=O)c4c(C)nn(C)c4Cl)cc3)sc2c1. The predicted molar refractivity (Wildman–Crippen MR) is 122 cm³/mol. The van der Waals surface area contributed by atoms with Gasteiger partial charge in [0.2, 0.25) is 0 Å². The summed E-state index contributed by atoms with van der Waals surface area (Å²) in [5.41, 5.74) is 4.32. The van der Waals surface area contributed by atoms with Gasteiger partial charge in [0.1, 0.15) is 15.7 Å². The van der Waals surface area contributed by atoms with E-state index < -0.39 is 18.5 Å². The highest BCUT2D eigenvalue weighted by molar-refractivity contribution is 7.21. The minimum Gasteiger partial charge on any atom is -0.452 e. The maximum absolute atomic E-state index is 12.2. The third kappa shape index (κ3) is 4.45. The number of anilines is 1. The monoisotopic (exact) mass is 454 g/mol. The molecule has 0 fully saturated rings. The fourth-order valence-electron chi connectivity index (χ4n) is 3.11. The minimum atomic E-state index is -0.688. The Morgan fingerprint density at radius 3 is 2.58 bits per heavy atom. The summed E-state index contributed by atoms with van der Waals surface area (Å²) in [5, 5.41) is 7.85. The number of aromatic nitrogens is 3. The van der Waals surface area contributed by atoms with Crippen LogP contribution in [0.5, 0.6) is 0 Å². The quantitative estimate of drug-likeness (QED) is 0.439. The number of benzene rings is 2. The van der Waals surface area contributed by atoms with E-state index in [1.54, 1.807) is 37.4 Å². The Morgan fingerprint density at radius 1 is 1.16 bits per heavy atom. The molecular formula is C22H19ClN4O3S. The van der Waals surface area contributed by atoms with E-state index in [2.05, 4.69) is 28.4 Å². The number of amides is 1. The molecule has 1 N–H and O–H groups in total. The van der Waals surface area contributed by atoms with Crippen LogP contribution in [0.25, 0.3) is 20.8 Å². The van der Waals surface area contributed by atoms with Crippen molar-refractivity contribution in [3.63, 3.8) is 0 Å². The van der Waals surface area contributed by atoms with Crippen molar-refractivity contribution in [3.05, 3.63) is 64.4 Å². The molecular weight excluding hydrogens is 436 g/mol. The number of hydrogen-bond donors (Lipinski definition) is 1. The lowest BCUT2D eigenvalue weighted by atomic mass is 10.2. The van der Waals surface area contributed by atoms with Crippen LogP contribution in [0.4, 0.5) is 5.69 Å². The number of ether oxygens (including phenoxy) is 1. The van der Waals surface area contributed by atoms with Gasteiger partial charge in [-0.15, -0.1) is 11.3 Å². The Morgan fingerprint density at radius 2 is 1.90 bits per heavy atom.